The Morgan fingerprint density at radius 3 is 2.69 bits per heavy atom. The van der Waals surface area contributed by atoms with Gasteiger partial charge in [-0.1, -0.05) is 0 Å². The van der Waals surface area contributed by atoms with E-state index in [1.54, 1.807) is 6.92 Å². The summed E-state index contributed by atoms with van der Waals surface area (Å²) in [6.07, 6.45) is 1.24. The van der Waals surface area contributed by atoms with Crippen molar-refractivity contribution in [3.05, 3.63) is 10.9 Å². The third-order valence-electron chi connectivity index (χ3n) is 2.24. The predicted octanol–water partition coefficient (Wildman–Crippen LogP) is 1.74. The Morgan fingerprint density at radius 1 is 1.62 bits per heavy atom. The minimum absolute atomic E-state index is 0.0641. The van der Waals surface area contributed by atoms with Gasteiger partial charge in [-0.15, -0.1) is 11.3 Å². The fourth-order valence-corrected chi connectivity index (χ4v) is 2.39. The zero-order chi connectivity index (χ0) is 9.42. The lowest BCUT2D eigenvalue weighted by atomic mass is 10.2. The molecule has 1 aliphatic heterocycles. The number of nitrogens with zero attached hydrogens (tertiary/aromatic N) is 1. The van der Waals surface area contributed by atoms with Gasteiger partial charge in [-0.05, 0) is 12.5 Å². The topological polar surface area (TPSA) is 46.3 Å². The second kappa shape index (κ2) is 3.03. The molecule has 2 heterocycles. The summed E-state index contributed by atoms with van der Waals surface area (Å²) in [5.41, 5.74) is 6.35. The Kier molecular flexibility index (Phi) is 2.00. The van der Waals surface area contributed by atoms with Gasteiger partial charge in [-0.2, -0.15) is 0 Å². The number of anilines is 2. The molecule has 0 bridgehead atoms. The van der Waals surface area contributed by atoms with Gasteiger partial charge in [0.15, 0.2) is 5.78 Å². The number of hydrogen-bond donors (Lipinski definition) is 1. The maximum atomic E-state index is 11.1. The van der Waals surface area contributed by atoms with Crippen molar-refractivity contribution in [1.82, 2.24) is 0 Å². The number of thiophene rings is 1. The number of nitrogens with two attached hydrogens (primary N) is 1. The van der Waals surface area contributed by atoms with Crippen molar-refractivity contribution >= 4 is 27.8 Å². The van der Waals surface area contributed by atoms with Crippen LogP contribution in [0.2, 0.25) is 0 Å². The quantitative estimate of drug-likeness (QED) is 0.733. The van der Waals surface area contributed by atoms with E-state index < -0.39 is 0 Å². The molecular weight excluding hydrogens is 184 g/mol. The van der Waals surface area contributed by atoms with E-state index in [0.717, 1.165) is 18.1 Å². The zero-order valence-electron chi connectivity index (χ0n) is 7.54. The van der Waals surface area contributed by atoms with E-state index in [9.17, 15) is 4.79 Å². The van der Waals surface area contributed by atoms with Crippen molar-refractivity contribution < 1.29 is 4.79 Å². The third-order valence-corrected chi connectivity index (χ3v) is 3.55. The number of rotatable bonds is 2. The number of ketones is 1. The smallest absolute Gasteiger partial charge is 0.171 e. The van der Waals surface area contributed by atoms with Crippen LogP contribution < -0.4 is 10.6 Å². The average Bonchev–Trinajstić information content (AvgIpc) is 2.27. The Labute approximate surface area is 81.2 Å². The molecule has 1 aliphatic rings. The molecule has 2 N–H and O–H groups in total. The van der Waals surface area contributed by atoms with Gasteiger partial charge < -0.3 is 10.6 Å². The summed E-state index contributed by atoms with van der Waals surface area (Å²) in [5, 5.41) is 1.13. The second-order valence-electron chi connectivity index (χ2n) is 3.27. The minimum atomic E-state index is 0.0641. The van der Waals surface area contributed by atoms with Gasteiger partial charge in [0, 0.05) is 20.0 Å². The molecule has 0 aromatic carbocycles. The molecule has 0 saturated carbocycles. The molecule has 2 rings (SSSR count). The lowest BCUT2D eigenvalue weighted by molar-refractivity contribution is 0.102. The molecule has 1 aromatic heterocycles. The number of carbonyl (C=O) groups excluding carboxylic acids is 1. The van der Waals surface area contributed by atoms with Crippen LogP contribution in [0.25, 0.3) is 0 Å². The molecular formula is C9H12N2OS. The lowest BCUT2D eigenvalue weighted by Gasteiger charge is -2.31. The van der Waals surface area contributed by atoms with E-state index in [0.29, 0.717) is 10.6 Å². The van der Waals surface area contributed by atoms with Crippen LogP contribution in [0.1, 0.15) is 23.0 Å². The number of Topliss-reactive ketones (excluding diaryl/α,β-unsaturated/α-hetero) is 1. The first kappa shape index (κ1) is 8.56. The van der Waals surface area contributed by atoms with E-state index in [2.05, 4.69) is 4.90 Å². The minimum Gasteiger partial charge on any atom is -0.397 e. The number of carbonyl (C=O) groups is 1. The van der Waals surface area contributed by atoms with E-state index in [1.165, 1.54) is 17.8 Å². The molecule has 4 heteroatoms. The van der Waals surface area contributed by atoms with Gasteiger partial charge >= 0.3 is 0 Å². The van der Waals surface area contributed by atoms with E-state index in [1.807, 2.05) is 6.07 Å². The molecule has 70 valence electrons. The molecule has 0 aliphatic carbocycles. The monoisotopic (exact) mass is 196 g/mol. The highest BCUT2D eigenvalue weighted by atomic mass is 32.1. The van der Waals surface area contributed by atoms with Crippen molar-refractivity contribution in [3.8, 4) is 0 Å². The second-order valence-corrected chi connectivity index (χ2v) is 4.30. The summed E-state index contributed by atoms with van der Waals surface area (Å²) in [4.78, 5) is 14.1. The van der Waals surface area contributed by atoms with Crippen LogP contribution in [0.3, 0.4) is 0 Å². The number of nitrogen functional groups attached to an aromatic ring is 1. The van der Waals surface area contributed by atoms with Crippen molar-refractivity contribution in [2.75, 3.05) is 23.7 Å². The third kappa shape index (κ3) is 1.42. The molecule has 1 fully saturated rings. The van der Waals surface area contributed by atoms with E-state index in [-0.39, 0.29) is 5.78 Å². The van der Waals surface area contributed by atoms with Gasteiger partial charge in [0.05, 0.1) is 15.6 Å². The maximum absolute atomic E-state index is 11.1. The van der Waals surface area contributed by atoms with Crippen LogP contribution in [0.5, 0.6) is 0 Å². The van der Waals surface area contributed by atoms with Gasteiger partial charge in [0.25, 0.3) is 0 Å². The van der Waals surface area contributed by atoms with Crippen molar-refractivity contribution in [2.45, 2.75) is 13.3 Å². The first-order valence-corrected chi connectivity index (χ1v) is 5.15. The Balaban J connectivity index is 2.28. The summed E-state index contributed by atoms with van der Waals surface area (Å²) >= 11 is 1.50. The molecule has 0 atom stereocenters. The fraction of sp³-hybridized carbons (Fsp3) is 0.444. The SMILES string of the molecule is CC(=O)c1sc(N2CCC2)cc1N. The van der Waals surface area contributed by atoms with Gasteiger partial charge in [-0.3, -0.25) is 4.79 Å². The summed E-state index contributed by atoms with van der Waals surface area (Å²) in [6, 6.07) is 1.90. The first-order chi connectivity index (χ1) is 6.18. The predicted molar refractivity (Wildman–Crippen MR) is 55.6 cm³/mol. The average molecular weight is 196 g/mol. The zero-order valence-corrected chi connectivity index (χ0v) is 8.36. The largest absolute Gasteiger partial charge is 0.397 e. The van der Waals surface area contributed by atoms with Crippen LogP contribution in [-0.4, -0.2) is 18.9 Å². The van der Waals surface area contributed by atoms with Crippen LogP contribution >= 0.6 is 11.3 Å². The van der Waals surface area contributed by atoms with E-state index in [4.69, 9.17) is 5.73 Å². The maximum Gasteiger partial charge on any atom is 0.171 e. The van der Waals surface area contributed by atoms with Crippen LogP contribution in [0, 0.1) is 0 Å². The molecule has 0 unspecified atom stereocenters. The highest BCUT2D eigenvalue weighted by Gasteiger charge is 2.19. The highest BCUT2D eigenvalue weighted by Crippen LogP contribution is 2.34. The van der Waals surface area contributed by atoms with Crippen molar-refractivity contribution in [3.63, 3.8) is 0 Å². The number of hydrogen-bond acceptors (Lipinski definition) is 4. The highest BCUT2D eigenvalue weighted by molar-refractivity contribution is 7.18. The molecule has 13 heavy (non-hydrogen) atoms. The fourth-order valence-electron chi connectivity index (χ4n) is 1.36. The summed E-state index contributed by atoms with van der Waals surface area (Å²) < 4.78 is 0. The molecule has 0 spiro atoms. The van der Waals surface area contributed by atoms with Crippen LogP contribution in [0.4, 0.5) is 10.7 Å². The molecule has 3 nitrogen and oxygen atoms in total. The van der Waals surface area contributed by atoms with Gasteiger partial charge in [-0.25, -0.2) is 0 Å². The van der Waals surface area contributed by atoms with Crippen LogP contribution in [0.15, 0.2) is 6.07 Å². The summed E-state index contributed by atoms with van der Waals surface area (Å²) in [7, 11) is 0. The first-order valence-electron chi connectivity index (χ1n) is 4.33. The lowest BCUT2D eigenvalue weighted by Crippen LogP contribution is -2.36. The normalized spacial score (nSPS) is 15.6. The molecule has 1 saturated heterocycles. The van der Waals surface area contributed by atoms with Crippen molar-refractivity contribution in [2.24, 2.45) is 0 Å². The standard InChI is InChI=1S/C9H12N2OS/c1-6(12)9-7(10)5-8(13-9)11-3-2-4-11/h5H,2-4,10H2,1H3. The van der Waals surface area contributed by atoms with Gasteiger partial charge in [0.1, 0.15) is 0 Å². The summed E-state index contributed by atoms with van der Waals surface area (Å²) in [5.74, 6) is 0.0641. The van der Waals surface area contributed by atoms with Crippen LogP contribution in [-0.2, 0) is 0 Å². The Hall–Kier alpha value is -1.03. The molecule has 1 aromatic rings. The Morgan fingerprint density at radius 2 is 2.31 bits per heavy atom. The van der Waals surface area contributed by atoms with Crippen molar-refractivity contribution in [1.29, 1.82) is 0 Å². The molecule has 0 radical (unpaired) electrons. The Bertz CT molecular complexity index is 341. The summed E-state index contributed by atoms with van der Waals surface area (Å²) in [6.45, 7) is 3.75. The molecule has 0 amide bonds. The van der Waals surface area contributed by atoms with E-state index >= 15 is 0 Å². The van der Waals surface area contributed by atoms with Gasteiger partial charge in [0.2, 0.25) is 0 Å².